The van der Waals surface area contributed by atoms with Crippen molar-refractivity contribution in [3.63, 3.8) is 0 Å². The first-order chi connectivity index (χ1) is 11.7. The molecule has 126 valence electrons. The number of aromatic nitrogens is 2. The van der Waals surface area contributed by atoms with Gasteiger partial charge in [0.2, 0.25) is 5.91 Å². The topological polar surface area (TPSA) is 67.2 Å². The molecule has 3 atom stereocenters. The van der Waals surface area contributed by atoms with Crippen LogP contribution in [0.4, 0.5) is 0 Å². The minimum atomic E-state index is -0.464. The van der Waals surface area contributed by atoms with Crippen LogP contribution in [-0.2, 0) is 16.8 Å². The zero-order valence-electron chi connectivity index (χ0n) is 13.6. The van der Waals surface area contributed by atoms with Crippen LogP contribution in [0.5, 0.6) is 0 Å². The van der Waals surface area contributed by atoms with Crippen LogP contribution in [0.2, 0.25) is 0 Å². The molecule has 2 aliphatic carbocycles. The second kappa shape index (κ2) is 6.06. The van der Waals surface area contributed by atoms with E-state index in [2.05, 4.69) is 10.3 Å². The smallest absolute Gasteiger partial charge is 0.230 e. The van der Waals surface area contributed by atoms with Gasteiger partial charge >= 0.3 is 0 Å². The van der Waals surface area contributed by atoms with Crippen LogP contribution in [0, 0.1) is 5.92 Å². The number of rotatable bonds is 5. The minimum absolute atomic E-state index is 0.0704. The van der Waals surface area contributed by atoms with Crippen molar-refractivity contribution in [2.24, 2.45) is 5.92 Å². The number of hydrogen-bond acceptors (Lipinski definition) is 3. The normalized spacial score (nSPS) is 27.8. The summed E-state index contributed by atoms with van der Waals surface area (Å²) in [5.41, 5.74) is 0.716. The average molecular weight is 325 g/mol. The highest BCUT2D eigenvalue weighted by Crippen LogP contribution is 2.48. The molecule has 2 aromatic rings. The molecule has 2 saturated carbocycles. The van der Waals surface area contributed by atoms with Crippen LogP contribution in [0.25, 0.3) is 0 Å². The molecule has 1 aromatic heterocycles. The van der Waals surface area contributed by atoms with Crippen LogP contribution >= 0.6 is 0 Å². The Kier molecular flexibility index (Phi) is 3.88. The molecule has 2 N–H and O–H groups in total. The molecule has 5 nitrogen and oxygen atoms in total. The largest absolute Gasteiger partial charge is 0.391 e. The van der Waals surface area contributed by atoms with Crippen LogP contribution in [0.1, 0.15) is 31.2 Å². The van der Waals surface area contributed by atoms with Crippen molar-refractivity contribution in [1.82, 2.24) is 14.9 Å². The van der Waals surface area contributed by atoms with Crippen molar-refractivity contribution in [3.05, 3.63) is 54.6 Å². The second-order valence-electron chi connectivity index (χ2n) is 7.19. The fourth-order valence-corrected chi connectivity index (χ4v) is 3.95. The number of amides is 1. The molecule has 0 radical (unpaired) electrons. The van der Waals surface area contributed by atoms with Crippen LogP contribution in [0.15, 0.2) is 49.1 Å². The molecule has 2 aliphatic rings. The van der Waals surface area contributed by atoms with E-state index in [1.165, 1.54) is 0 Å². The number of nitrogens with zero attached hydrogens (tertiary/aromatic N) is 2. The highest BCUT2D eigenvalue weighted by Gasteiger charge is 2.52. The van der Waals surface area contributed by atoms with E-state index < -0.39 is 6.10 Å². The molecule has 4 rings (SSSR count). The van der Waals surface area contributed by atoms with Gasteiger partial charge in [0.05, 0.1) is 23.9 Å². The molecule has 0 saturated heterocycles. The highest BCUT2D eigenvalue weighted by atomic mass is 16.3. The standard InChI is InChI=1S/C19H23N3O2/c23-17-11-14(12-22-9-8-20-13-22)10-16(17)21-18(24)19(6-7-19)15-4-2-1-3-5-15/h1-5,8-9,13-14,16-17,23H,6-7,10-12H2,(H,21,24)/t14?,16-,17-/m1/s1. The lowest BCUT2D eigenvalue weighted by atomic mass is 9.94. The maximum Gasteiger partial charge on any atom is 0.230 e. The third-order valence-corrected chi connectivity index (χ3v) is 5.48. The van der Waals surface area contributed by atoms with Gasteiger partial charge in [-0.1, -0.05) is 30.3 Å². The Morgan fingerprint density at radius 1 is 1.29 bits per heavy atom. The molecule has 0 aliphatic heterocycles. The molecule has 1 aromatic carbocycles. The summed E-state index contributed by atoms with van der Waals surface area (Å²) in [4.78, 5) is 16.9. The van der Waals surface area contributed by atoms with Crippen molar-refractivity contribution in [2.45, 2.75) is 49.8 Å². The Labute approximate surface area is 141 Å². The fourth-order valence-electron chi connectivity index (χ4n) is 3.95. The van der Waals surface area contributed by atoms with Crippen LogP contribution in [-0.4, -0.2) is 32.7 Å². The van der Waals surface area contributed by atoms with E-state index in [9.17, 15) is 9.90 Å². The van der Waals surface area contributed by atoms with Crippen molar-refractivity contribution in [3.8, 4) is 0 Å². The SMILES string of the molecule is O=C(N[C@@H]1CC(Cn2ccnc2)C[C@H]1O)C1(c2ccccc2)CC1. The number of imidazole rings is 1. The van der Waals surface area contributed by atoms with Crippen LogP contribution in [0.3, 0.4) is 0 Å². The van der Waals surface area contributed by atoms with E-state index in [1.807, 2.05) is 41.1 Å². The van der Waals surface area contributed by atoms with Gasteiger partial charge in [-0.2, -0.15) is 0 Å². The molecular weight excluding hydrogens is 302 g/mol. The Morgan fingerprint density at radius 3 is 2.75 bits per heavy atom. The van der Waals surface area contributed by atoms with E-state index in [4.69, 9.17) is 0 Å². The molecule has 1 heterocycles. The number of benzene rings is 1. The summed E-state index contributed by atoms with van der Waals surface area (Å²) < 4.78 is 2.04. The van der Waals surface area contributed by atoms with E-state index in [0.29, 0.717) is 5.92 Å². The first kappa shape index (κ1) is 15.4. The van der Waals surface area contributed by atoms with Gasteiger partial charge in [0, 0.05) is 18.9 Å². The van der Waals surface area contributed by atoms with Crippen molar-refractivity contribution in [2.75, 3.05) is 0 Å². The number of carbonyl (C=O) groups excluding carboxylic acids is 1. The predicted octanol–water partition coefficient (Wildman–Crippen LogP) is 1.87. The van der Waals surface area contributed by atoms with Crippen LogP contribution < -0.4 is 5.32 Å². The van der Waals surface area contributed by atoms with Gasteiger partial charge in [-0.05, 0) is 37.2 Å². The van der Waals surface area contributed by atoms with Gasteiger partial charge in [-0.25, -0.2) is 4.98 Å². The minimum Gasteiger partial charge on any atom is -0.391 e. The molecule has 1 unspecified atom stereocenters. The van der Waals surface area contributed by atoms with E-state index >= 15 is 0 Å². The van der Waals surface area contributed by atoms with Crippen molar-refractivity contribution in [1.29, 1.82) is 0 Å². The molecule has 2 fully saturated rings. The summed E-state index contributed by atoms with van der Waals surface area (Å²) in [7, 11) is 0. The number of aliphatic hydroxyl groups is 1. The van der Waals surface area contributed by atoms with E-state index in [0.717, 1.165) is 37.8 Å². The lowest BCUT2D eigenvalue weighted by molar-refractivity contribution is -0.125. The van der Waals surface area contributed by atoms with Crippen molar-refractivity contribution < 1.29 is 9.90 Å². The summed E-state index contributed by atoms with van der Waals surface area (Å²) in [6.45, 7) is 0.841. The Balaban J connectivity index is 1.39. The third-order valence-electron chi connectivity index (χ3n) is 5.48. The second-order valence-corrected chi connectivity index (χ2v) is 7.19. The summed E-state index contributed by atoms with van der Waals surface area (Å²) in [6, 6.07) is 9.84. The lowest BCUT2D eigenvalue weighted by Gasteiger charge is -2.21. The third kappa shape index (κ3) is 2.84. The molecule has 1 amide bonds. The summed E-state index contributed by atoms with van der Waals surface area (Å²) in [5, 5.41) is 13.5. The first-order valence-electron chi connectivity index (χ1n) is 8.68. The molecule has 0 bridgehead atoms. The maximum atomic E-state index is 12.8. The molecule has 0 spiro atoms. The van der Waals surface area contributed by atoms with Gasteiger partial charge in [-0.3, -0.25) is 4.79 Å². The number of carbonyl (C=O) groups is 1. The van der Waals surface area contributed by atoms with Crippen molar-refractivity contribution >= 4 is 5.91 Å². The Bertz CT molecular complexity index is 695. The van der Waals surface area contributed by atoms with E-state index in [1.54, 1.807) is 12.5 Å². The van der Waals surface area contributed by atoms with Gasteiger partial charge in [-0.15, -0.1) is 0 Å². The first-order valence-corrected chi connectivity index (χ1v) is 8.68. The summed E-state index contributed by atoms with van der Waals surface area (Å²) >= 11 is 0. The van der Waals surface area contributed by atoms with Gasteiger partial charge in [0.15, 0.2) is 0 Å². The molecule has 24 heavy (non-hydrogen) atoms. The zero-order valence-corrected chi connectivity index (χ0v) is 13.6. The lowest BCUT2D eigenvalue weighted by Crippen LogP contribution is -2.45. The predicted molar refractivity (Wildman–Crippen MR) is 90.2 cm³/mol. The fraction of sp³-hybridized carbons (Fsp3) is 0.474. The number of nitrogens with one attached hydrogen (secondary N) is 1. The average Bonchev–Trinajstić information content (AvgIpc) is 3.13. The maximum absolute atomic E-state index is 12.8. The zero-order chi connectivity index (χ0) is 16.6. The summed E-state index contributed by atoms with van der Waals surface area (Å²) in [5.74, 6) is 0.437. The highest BCUT2D eigenvalue weighted by molar-refractivity contribution is 5.91. The molecule has 5 heteroatoms. The molecular formula is C19H23N3O2. The van der Waals surface area contributed by atoms with Gasteiger partial charge in [0.25, 0.3) is 0 Å². The quantitative estimate of drug-likeness (QED) is 0.882. The Morgan fingerprint density at radius 2 is 2.08 bits per heavy atom. The van der Waals surface area contributed by atoms with E-state index in [-0.39, 0.29) is 17.4 Å². The summed E-state index contributed by atoms with van der Waals surface area (Å²) in [6.07, 6.45) is 8.36. The van der Waals surface area contributed by atoms with Gasteiger partial charge in [0.1, 0.15) is 0 Å². The number of hydrogen-bond donors (Lipinski definition) is 2. The van der Waals surface area contributed by atoms with Gasteiger partial charge < -0.3 is 15.0 Å². The monoisotopic (exact) mass is 325 g/mol. The Hall–Kier alpha value is -2.14. The number of aliphatic hydroxyl groups excluding tert-OH is 1.